The van der Waals surface area contributed by atoms with E-state index < -0.39 is 18.6 Å². The fourth-order valence-electron chi connectivity index (χ4n) is 5.11. The number of carbonyl (C=O) groups excluding carboxylic acids is 1. The number of hydrogen-bond acceptors (Lipinski definition) is 5. The summed E-state index contributed by atoms with van der Waals surface area (Å²) in [6.45, 7) is 6.87. The van der Waals surface area contributed by atoms with Gasteiger partial charge in [-0.2, -0.15) is 4.99 Å². The average molecular weight is 641 g/mol. The van der Waals surface area contributed by atoms with E-state index in [0.717, 1.165) is 24.4 Å². The largest absolute Gasteiger partial charge is 0.573 e. The monoisotopic (exact) mass is 640 g/mol. The number of rotatable bonds is 8. The van der Waals surface area contributed by atoms with Gasteiger partial charge in [0.15, 0.2) is 11.0 Å². The minimum absolute atomic E-state index is 0.248. The van der Waals surface area contributed by atoms with Crippen LogP contribution >= 0.6 is 11.8 Å². The predicted octanol–water partition coefficient (Wildman–Crippen LogP) is 7.98. The molecule has 1 atom stereocenters. The molecule has 0 saturated carbocycles. The average Bonchev–Trinajstić information content (AvgIpc) is 3.50. The number of aryl methyl sites for hydroxylation is 1. The highest BCUT2D eigenvalue weighted by Gasteiger charge is 2.31. The smallest absolute Gasteiger partial charge is 0.406 e. The highest BCUT2D eigenvalue weighted by atomic mass is 32.2. The Hall–Kier alpha value is -4.39. The maximum atomic E-state index is 15.1. The molecule has 1 N–H and O–H groups in total. The zero-order valence-electron chi connectivity index (χ0n) is 24.9. The summed E-state index contributed by atoms with van der Waals surface area (Å²) in [5.74, 6) is 1.15. The van der Waals surface area contributed by atoms with Crippen molar-refractivity contribution in [3.8, 4) is 22.8 Å². The molecule has 0 radical (unpaired) electrons. The van der Waals surface area contributed by atoms with E-state index in [-0.39, 0.29) is 12.3 Å². The van der Waals surface area contributed by atoms with Crippen LogP contribution in [-0.4, -0.2) is 51.2 Å². The topological polar surface area (TPSA) is 84.6 Å². The van der Waals surface area contributed by atoms with Crippen LogP contribution in [0, 0.1) is 6.92 Å². The van der Waals surface area contributed by atoms with Gasteiger partial charge in [0.2, 0.25) is 0 Å². The third-order valence-electron chi connectivity index (χ3n) is 7.14. The van der Waals surface area contributed by atoms with Crippen molar-refractivity contribution in [1.29, 1.82) is 0 Å². The number of ether oxygens (including phenoxy) is 1. The Labute approximate surface area is 262 Å². The van der Waals surface area contributed by atoms with Crippen molar-refractivity contribution in [2.75, 3.05) is 23.7 Å². The van der Waals surface area contributed by atoms with E-state index in [9.17, 15) is 18.0 Å². The first-order chi connectivity index (χ1) is 21.5. The zero-order chi connectivity index (χ0) is 32.1. The minimum atomic E-state index is -4.78. The second-order valence-electron chi connectivity index (χ2n) is 10.7. The third kappa shape index (κ3) is 8.01. The van der Waals surface area contributed by atoms with E-state index in [4.69, 9.17) is 0 Å². The molecule has 1 aliphatic heterocycles. The van der Waals surface area contributed by atoms with Gasteiger partial charge >= 0.3 is 12.4 Å². The summed E-state index contributed by atoms with van der Waals surface area (Å²) >= 11 is 1.51. The number of carbonyl (C=O) groups is 1. The molecule has 236 valence electrons. The van der Waals surface area contributed by atoms with E-state index in [1.807, 2.05) is 6.07 Å². The zero-order valence-corrected chi connectivity index (χ0v) is 25.7. The van der Waals surface area contributed by atoms with Crippen LogP contribution in [0.4, 0.5) is 28.0 Å². The number of amidine groups is 1. The van der Waals surface area contributed by atoms with Crippen molar-refractivity contribution >= 4 is 28.6 Å². The van der Waals surface area contributed by atoms with Crippen LogP contribution in [-0.2, 0) is 0 Å². The van der Waals surface area contributed by atoms with Gasteiger partial charge in [0.05, 0.1) is 12.2 Å². The molecule has 3 aromatic carbocycles. The van der Waals surface area contributed by atoms with Crippen molar-refractivity contribution in [2.45, 2.75) is 45.6 Å². The molecule has 1 aliphatic rings. The number of thioether (sulfide) groups is 1. The normalized spacial score (nSPS) is 15.4. The lowest BCUT2D eigenvalue weighted by atomic mass is 9.95. The van der Waals surface area contributed by atoms with Crippen molar-refractivity contribution in [2.24, 2.45) is 4.99 Å². The molecule has 0 bridgehead atoms. The quantitative estimate of drug-likeness (QED) is 0.197. The highest BCUT2D eigenvalue weighted by molar-refractivity contribution is 8.14. The second-order valence-corrected chi connectivity index (χ2v) is 11.8. The standard InChI is InChI=1S/C32H32F4N6O2S/c1-20(2)28-21(3)6-4-7-27(28)41-16-5-17-45-31(41)39-30(43)37-18-26(33)22-8-10-23(11-9-22)29-38-19-42(40-29)24-12-14-25(15-13-24)44-32(34,35)36/h4,6-15,19-20,26H,5,16-18H2,1-3H3,(H,37,43). The number of halogens is 4. The molecule has 1 unspecified atom stereocenters. The van der Waals surface area contributed by atoms with Crippen molar-refractivity contribution in [1.82, 2.24) is 20.1 Å². The number of aromatic nitrogens is 3. The van der Waals surface area contributed by atoms with Gasteiger partial charge in [0.1, 0.15) is 18.2 Å². The van der Waals surface area contributed by atoms with Gasteiger partial charge in [-0.1, -0.05) is 62.0 Å². The lowest BCUT2D eigenvalue weighted by Crippen LogP contribution is -2.37. The molecule has 2 heterocycles. The SMILES string of the molecule is Cc1cccc(N2CCCSC2=NC(=O)NCC(F)c2ccc(-c3ncn(-c4ccc(OC(F)(F)F)cc4)n3)cc2)c1C(C)C. The van der Waals surface area contributed by atoms with Gasteiger partial charge in [-0.15, -0.1) is 18.3 Å². The Morgan fingerprint density at radius 2 is 1.82 bits per heavy atom. The van der Waals surface area contributed by atoms with Crippen LogP contribution in [0.1, 0.15) is 49.0 Å². The first-order valence-electron chi connectivity index (χ1n) is 14.4. The number of nitrogens with one attached hydrogen (secondary N) is 1. The lowest BCUT2D eigenvalue weighted by Gasteiger charge is -2.32. The van der Waals surface area contributed by atoms with E-state index in [1.54, 1.807) is 24.3 Å². The molecule has 0 spiro atoms. The minimum Gasteiger partial charge on any atom is -0.406 e. The molecule has 13 heteroatoms. The van der Waals surface area contributed by atoms with Crippen LogP contribution in [0.15, 0.2) is 78.0 Å². The Balaban J connectivity index is 1.20. The summed E-state index contributed by atoms with van der Waals surface area (Å²) in [6.07, 6.45) is -3.86. The van der Waals surface area contributed by atoms with Crippen LogP contribution in [0.25, 0.3) is 17.1 Å². The highest BCUT2D eigenvalue weighted by Crippen LogP contribution is 2.34. The molecule has 0 aliphatic carbocycles. The number of urea groups is 1. The Bertz CT molecular complexity index is 1660. The molecule has 1 saturated heterocycles. The number of alkyl halides is 4. The first kappa shape index (κ1) is 32.0. The van der Waals surface area contributed by atoms with Crippen LogP contribution in [0.2, 0.25) is 0 Å². The molecule has 1 aromatic heterocycles. The molecule has 5 rings (SSSR count). The fraction of sp³-hybridized carbons (Fsp3) is 0.312. The lowest BCUT2D eigenvalue weighted by molar-refractivity contribution is -0.274. The Kier molecular flexibility index (Phi) is 9.76. The van der Waals surface area contributed by atoms with E-state index in [2.05, 4.69) is 62.9 Å². The summed E-state index contributed by atoms with van der Waals surface area (Å²) in [6, 6.07) is 17.3. The third-order valence-corrected chi connectivity index (χ3v) is 8.21. The number of nitrogens with zero attached hydrogens (tertiary/aromatic N) is 5. The van der Waals surface area contributed by atoms with Crippen LogP contribution in [0.5, 0.6) is 5.75 Å². The number of amides is 2. The maximum absolute atomic E-state index is 15.1. The molecule has 2 amide bonds. The van der Waals surface area contributed by atoms with Gasteiger partial charge in [-0.25, -0.2) is 18.9 Å². The molecule has 1 fully saturated rings. The number of hydrogen-bond donors (Lipinski definition) is 1. The number of anilines is 1. The van der Waals surface area contributed by atoms with E-state index >= 15 is 4.39 Å². The fourth-order valence-corrected chi connectivity index (χ4v) is 6.06. The predicted molar refractivity (Wildman–Crippen MR) is 168 cm³/mol. The van der Waals surface area contributed by atoms with Gasteiger partial charge in [-0.3, -0.25) is 0 Å². The molecule has 45 heavy (non-hydrogen) atoms. The number of benzene rings is 3. The van der Waals surface area contributed by atoms with Gasteiger partial charge in [-0.05, 0) is 66.3 Å². The van der Waals surface area contributed by atoms with Crippen molar-refractivity contribution in [3.05, 3.63) is 89.7 Å². The van der Waals surface area contributed by atoms with E-state index in [0.29, 0.717) is 33.7 Å². The molecule has 8 nitrogen and oxygen atoms in total. The summed E-state index contributed by atoms with van der Waals surface area (Å²) in [7, 11) is 0. The summed E-state index contributed by atoms with van der Waals surface area (Å²) in [4.78, 5) is 23.4. The van der Waals surface area contributed by atoms with Crippen molar-refractivity contribution in [3.63, 3.8) is 0 Å². The van der Waals surface area contributed by atoms with Gasteiger partial charge in [0.25, 0.3) is 0 Å². The van der Waals surface area contributed by atoms with Crippen LogP contribution < -0.4 is 15.0 Å². The van der Waals surface area contributed by atoms with Crippen LogP contribution in [0.3, 0.4) is 0 Å². The summed E-state index contributed by atoms with van der Waals surface area (Å²) in [5.41, 5.74) is 4.91. The van der Waals surface area contributed by atoms with Gasteiger partial charge < -0.3 is 15.0 Å². The van der Waals surface area contributed by atoms with E-state index in [1.165, 1.54) is 58.2 Å². The summed E-state index contributed by atoms with van der Waals surface area (Å²) < 4.78 is 57.6. The maximum Gasteiger partial charge on any atom is 0.573 e. The van der Waals surface area contributed by atoms with Gasteiger partial charge in [0, 0.05) is 23.5 Å². The summed E-state index contributed by atoms with van der Waals surface area (Å²) in [5, 5.41) is 7.56. The molecule has 4 aromatic rings. The Morgan fingerprint density at radius 3 is 2.51 bits per heavy atom. The molecular weight excluding hydrogens is 608 g/mol. The van der Waals surface area contributed by atoms with Crippen molar-refractivity contribution < 1.29 is 27.1 Å². The Morgan fingerprint density at radius 1 is 1.09 bits per heavy atom. The first-order valence-corrected chi connectivity index (χ1v) is 15.4. The molecular formula is C32H32F4N6O2S. The second kappa shape index (κ2) is 13.7. The number of aliphatic imine (C=N–C) groups is 1.